The van der Waals surface area contributed by atoms with Crippen molar-refractivity contribution in [2.45, 2.75) is 12.6 Å². The molecule has 0 radical (unpaired) electrons. The second kappa shape index (κ2) is 4.97. The number of rotatable bonds is 3. The van der Waals surface area contributed by atoms with E-state index < -0.39 is 11.6 Å². The third-order valence-electron chi connectivity index (χ3n) is 3.29. The van der Waals surface area contributed by atoms with Crippen LogP contribution in [0.25, 0.3) is 0 Å². The maximum Gasteiger partial charge on any atom is 0.130 e. The summed E-state index contributed by atoms with van der Waals surface area (Å²) in [7, 11) is 0. The summed E-state index contributed by atoms with van der Waals surface area (Å²) >= 11 is 0. The van der Waals surface area contributed by atoms with Crippen LogP contribution in [0.1, 0.15) is 17.2 Å². The zero-order valence-electron chi connectivity index (χ0n) is 10.2. The normalized spacial score (nSPS) is 17.1. The highest BCUT2D eigenvalue weighted by Gasteiger charge is 2.23. The van der Waals surface area contributed by atoms with Crippen LogP contribution in [-0.4, -0.2) is 6.61 Å². The molecule has 0 saturated carbocycles. The molecule has 0 amide bonds. The summed E-state index contributed by atoms with van der Waals surface area (Å²) in [6.45, 7) is 0.621. The molecule has 4 heteroatoms. The van der Waals surface area contributed by atoms with Gasteiger partial charge in [0.1, 0.15) is 24.0 Å². The number of benzene rings is 2. The number of ether oxygens (including phenoxy) is 1. The smallest absolute Gasteiger partial charge is 0.130 e. The Labute approximate surface area is 110 Å². The van der Waals surface area contributed by atoms with Gasteiger partial charge in [0.05, 0.1) is 6.04 Å². The van der Waals surface area contributed by atoms with E-state index in [9.17, 15) is 8.78 Å². The first-order valence-electron chi connectivity index (χ1n) is 6.13. The van der Waals surface area contributed by atoms with Crippen molar-refractivity contribution < 1.29 is 13.5 Å². The summed E-state index contributed by atoms with van der Waals surface area (Å²) in [5, 5.41) is 3.13. The predicted octanol–water partition coefficient (Wildman–Crippen LogP) is 3.19. The fraction of sp³-hybridized carbons (Fsp3) is 0.200. The molecule has 1 aliphatic heterocycles. The van der Waals surface area contributed by atoms with E-state index in [4.69, 9.17) is 4.74 Å². The minimum atomic E-state index is -0.528. The maximum absolute atomic E-state index is 13.5. The minimum Gasteiger partial charge on any atom is -0.491 e. The topological polar surface area (TPSA) is 21.3 Å². The summed E-state index contributed by atoms with van der Waals surface area (Å²) in [6, 6.07) is 11.5. The summed E-state index contributed by atoms with van der Waals surface area (Å²) in [5.41, 5.74) is 1.09. The lowest BCUT2D eigenvalue weighted by Crippen LogP contribution is -2.23. The lowest BCUT2D eigenvalue weighted by Gasteiger charge is -2.12. The molecule has 2 aromatic carbocycles. The van der Waals surface area contributed by atoms with Gasteiger partial charge in [0.25, 0.3) is 0 Å². The Kier molecular flexibility index (Phi) is 3.17. The molecule has 1 atom stereocenters. The van der Waals surface area contributed by atoms with Crippen LogP contribution in [-0.2, 0) is 6.54 Å². The highest BCUT2D eigenvalue weighted by atomic mass is 19.1. The van der Waals surface area contributed by atoms with E-state index in [1.807, 2.05) is 24.3 Å². The number of hydrogen-bond donors (Lipinski definition) is 1. The molecule has 0 saturated heterocycles. The first kappa shape index (κ1) is 12.1. The van der Waals surface area contributed by atoms with Crippen molar-refractivity contribution in [1.82, 2.24) is 5.32 Å². The van der Waals surface area contributed by atoms with Crippen LogP contribution in [0, 0.1) is 11.6 Å². The summed E-state index contributed by atoms with van der Waals surface area (Å²) in [5.74, 6) is -0.228. The molecule has 0 bridgehead atoms. The summed E-state index contributed by atoms with van der Waals surface area (Å²) < 4.78 is 32.5. The van der Waals surface area contributed by atoms with Crippen LogP contribution in [0.4, 0.5) is 8.78 Å². The third kappa shape index (κ3) is 2.31. The summed E-state index contributed by atoms with van der Waals surface area (Å²) in [4.78, 5) is 0. The van der Waals surface area contributed by atoms with Gasteiger partial charge in [0, 0.05) is 17.7 Å². The quantitative estimate of drug-likeness (QED) is 0.916. The van der Waals surface area contributed by atoms with Gasteiger partial charge in [-0.05, 0) is 18.2 Å². The predicted molar refractivity (Wildman–Crippen MR) is 67.9 cm³/mol. The Bertz CT molecular complexity index is 580. The molecule has 2 nitrogen and oxygen atoms in total. The zero-order valence-corrected chi connectivity index (χ0v) is 10.2. The Morgan fingerprint density at radius 3 is 2.58 bits per heavy atom. The van der Waals surface area contributed by atoms with E-state index in [1.54, 1.807) is 0 Å². The average molecular weight is 261 g/mol. The fourth-order valence-corrected chi connectivity index (χ4v) is 2.26. The molecule has 0 spiro atoms. The fourth-order valence-electron chi connectivity index (χ4n) is 2.26. The second-order valence-electron chi connectivity index (χ2n) is 4.48. The van der Waals surface area contributed by atoms with Crippen molar-refractivity contribution in [3.05, 3.63) is 65.2 Å². The second-order valence-corrected chi connectivity index (χ2v) is 4.48. The number of hydrogen-bond acceptors (Lipinski definition) is 2. The Hall–Kier alpha value is -1.94. The van der Waals surface area contributed by atoms with Crippen molar-refractivity contribution in [3.8, 4) is 5.75 Å². The van der Waals surface area contributed by atoms with Gasteiger partial charge in [-0.25, -0.2) is 8.78 Å². The molecule has 0 aliphatic carbocycles. The monoisotopic (exact) mass is 261 g/mol. The largest absolute Gasteiger partial charge is 0.491 e. The number of halogens is 2. The molecule has 1 N–H and O–H groups in total. The zero-order chi connectivity index (χ0) is 13.2. The molecule has 19 heavy (non-hydrogen) atoms. The lowest BCUT2D eigenvalue weighted by atomic mass is 10.1. The van der Waals surface area contributed by atoms with E-state index in [2.05, 4.69) is 5.32 Å². The molecule has 3 rings (SSSR count). The maximum atomic E-state index is 13.5. The van der Waals surface area contributed by atoms with Crippen LogP contribution in [0.5, 0.6) is 5.75 Å². The molecule has 1 unspecified atom stereocenters. The third-order valence-corrected chi connectivity index (χ3v) is 3.29. The average Bonchev–Trinajstić information content (AvgIpc) is 2.82. The Balaban J connectivity index is 1.75. The summed E-state index contributed by atoms with van der Waals surface area (Å²) in [6.07, 6.45) is 0. The van der Waals surface area contributed by atoms with E-state index in [0.29, 0.717) is 6.61 Å². The van der Waals surface area contributed by atoms with Gasteiger partial charge in [-0.3, -0.25) is 0 Å². The minimum absolute atomic E-state index is 0.0322. The molecule has 0 fully saturated rings. The van der Waals surface area contributed by atoms with Crippen molar-refractivity contribution in [2.75, 3.05) is 6.61 Å². The number of para-hydroxylation sites is 1. The van der Waals surface area contributed by atoms with Gasteiger partial charge < -0.3 is 10.1 Å². The van der Waals surface area contributed by atoms with Gasteiger partial charge in [0.2, 0.25) is 0 Å². The van der Waals surface area contributed by atoms with Crippen LogP contribution in [0.3, 0.4) is 0 Å². The lowest BCUT2D eigenvalue weighted by molar-refractivity contribution is 0.309. The highest BCUT2D eigenvalue weighted by Crippen LogP contribution is 2.31. The van der Waals surface area contributed by atoms with E-state index in [0.717, 1.165) is 11.3 Å². The van der Waals surface area contributed by atoms with Gasteiger partial charge >= 0.3 is 0 Å². The van der Waals surface area contributed by atoms with Crippen molar-refractivity contribution >= 4 is 0 Å². The van der Waals surface area contributed by atoms with E-state index in [1.165, 1.54) is 18.2 Å². The molecule has 98 valence electrons. The van der Waals surface area contributed by atoms with E-state index >= 15 is 0 Å². The SMILES string of the molecule is Fc1cccc(F)c1CNC1COc2ccccc21. The van der Waals surface area contributed by atoms with Gasteiger partial charge in [0.15, 0.2) is 0 Å². The van der Waals surface area contributed by atoms with Gasteiger partial charge in [-0.2, -0.15) is 0 Å². The molecular formula is C15H13F2NO. The van der Waals surface area contributed by atoms with Gasteiger partial charge in [-0.15, -0.1) is 0 Å². The molecule has 0 aromatic heterocycles. The number of nitrogens with one attached hydrogen (secondary N) is 1. The van der Waals surface area contributed by atoms with Gasteiger partial charge in [-0.1, -0.05) is 24.3 Å². The molecule has 2 aromatic rings. The molecule has 1 heterocycles. The molecule has 1 aliphatic rings. The Morgan fingerprint density at radius 1 is 1.05 bits per heavy atom. The molecular weight excluding hydrogens is 248 g/mol. The standard InChI is InChI=1S/C15H13F2NO/c16-12-5-3-6-13(17)11(12)8-18-14-9-19-15-7-2-1-4-10(14)15/h1-7,14,18H,8-9H2. The van der Waals surface area contributed by atoms with E-state index in [-0.39, 0.29) is 18.2 Å². The van der Waals surface area contributed by atoms with Crippen LogP contribution >= 0.6 is 0 Å². The number of fused-ring (bicyclic) bond motifs is 1. The van der Waals surface area contributed by atoms with Crippen LogP contribution in [0.2, 0.25) is 0 Å². The van der Waals surface area contributed by atoms with Crippen molar-refractivity contribution in [1.29, 1.82) is 0 Å². The Morgan fingerprint density at radius 2 is 1.79 bits per heavy atom. The van der Waals surface area contributed by atoms with Crippen LogP contribution < -0.4 is 10.1 Å². The first-order chi connectivity index (χ1) is 9.25. The van der Waals surface area contributed by atoms with Crippen molar-refractivity contribution in [2.24, 2.45) is 0 Å². The van der Waals surface area contributed by atoms with Crippen molar-refractivity contribution in [3.63, 3.8) is 0 Å². The highest BCUT2D eigenvalue weighted by molar-refractivity contribution is 5.39. The van der Waals surface area contributed by atoms with Crippen LogP contribution in [0.15, 0.2) is 42.5 Å². The first-order valence-corrected chi connectivity index (χ1v) is 6.13.